The molecule has 0 spiro atoms. The molecule has 0 aliphatic heterocycles. The lowest BCUT2D eigenvalue weighted by Gasteiger charge is -2.06. The Morgan fingerprint density at radius 1 is 1.16 bits per heavy atom. The molecule has 0 bridgehead atoms. The van der Waals surface area contributed by atoms with E-state index in [4.69, 9.17) is 20.9 Å². The van der Waals surface area contributed by atoms with Gasteiger partial charge in [-0.2, -0.15) is 0 Å². The lowest BCUT2D eigenvalue weighted by atomic mass is 10.0. The van der Waals surface area contributed by atoms with Crippen molar-refractivity contribution in [3.05, 3.63) is 48.8 Å². The molecule has 0 saturated heterocycles. The summed E-state index contributed by atoms with van der Waals surface area (Å²) in [4.78, 5) is 15.7. The topological polar surface area (TPSA) is 77.3 Å². The van der Waals surface area contributed by atoms with Crippen LogP contribution in [0, 0.1) is 0 Å². The predicted molar refractivity (Wildman–Crippen MR) is 95.7 cm³/mol. The van der Waals surface area contributed by atoms with Gasteiger partial charge in [0.25, 0.3) is 0 Å². The summed E-state index contributed by atoms with van der Waals surface area (Å²) in [5.74, 6) is 0.484. The molecule has 128 valence electrons. The van der Waals surface area contributed by atoms with Gasteiger partial charge in [-0.25, -0.2) is 0 Å². The molecule has 0 radical (unpaired) electrons. The van der Waals surface area contributed by atoms with Crippen molar-refractivity contribution in [3.63, 3.8) is 0 Å². The van der Waals surface area contributed by atoms with E-state index in [1.807, 2.05) is 43.3 Å². The van der Waals surface area contributed by atoms with E-state index in [1.165, 1.54) is 0 Å². The Labute approximate surface area is 149 Å². The van der Waals surface area contributed by atoms with Crippen LogP contribution in [0.2, 0.25) is 0 Å². The highest BCUT2D eigenvalue weighted by atomic mass is 35.5. The van der Waals surface area contributed by atoms with Crippen molar-refractivity contribution in [2.45, 2.75) is 6.92 Å². The van der Waals surface area contributed by atoms with Crippen molar-refractivity contribution in [1.29, 1.82) is 0 Å². The Balaban J connectivity index is 2.05. The maximum atomic E-state index is 11.7. The minimum absolute atomic E-state index is 0.172. The molecule has 0 aliphatic rings. The fourth-order valence-electron chi connectivity index (χ4n) is 2.39. The van der Waals surface area contributed by atoms with Gasteiger partial charge >= 0.3 is 0 Å². The van der Waals surface area contributed by atoms with Crippen molar-refractivity contribution in [2.24, 2.45) is 0 Å². The molecule has 0 atom stereocenters. The van der Waals surface area contributed by atoms with E-state index in [0.717, 1.165) is 16.9 Å². The van der Waals surface area contributed by atoms with E-state index in [0.29, 0.717) is 17.9 Å². The summed E-state index contributed by atoms with van der Waals surface area (Å²) in [5.41, 5.74) is 2.94. The number of anilines is 1. The molecule has 1 aromatic carbocycles. The number of hydrogen-bond acceptors (Lipinski definition) is 5. The third-order valence-electron chi connectivity index (χ3n) is 3.47. The first-order valence-corrected chi connectivity index (χ1v) is 8.25. The second-order valence-electron chi connectivity index (χ2n) is 5.11. The highest BCUT2D eigenvalue weighted by Gasteiger charge is 2.21. The Morgan fingerprint density at radius 3 is 2.52 bits per heavy atom. The summed E-state index contributed by atoms with van der Waals surface area (Å²) in [5, 5.41) is 6.77. The molecule has 0 saturated carbocycles. The molecule has 0 unspecified atom stereocenters. The van der Waals surface area contributed by atoms with Gasteiger partial charge in [0.15, 0.2) is 0 Å². The smallest absolute Gasteiger partial charge is 0.241 e. The van der Waals surface area contributed by atoms with E-state index in [-0.39, 0.29) is 17.7 Å². The van der Waals surface area contributed by atoms with Crippen molar-refractivity contribution in [3.8, 4) is 28.1 Å². The quantitative estimate of drug-likeness (QED) is 0.675. The standard InChI is InChI=1S/C18H16ClN3O3/c1-2-24-14-5-3-13(4-6-14)17-16(12-7-9-20-10-8-12)18(25-22-17)21-15(23)11-19/h3-10H,2,11H2,1H3,(H,21,23). The van der Waals surface area contributed by atoms with Gasteiger partial charge in [-0.15, -0.1) is 11.6 Å². The second kappa shape index (κ2) is 7.81. The largest absolute Gasteiger partial charge is 0.494 e. The summed E-state index contributed by atoms with van der Waals surface area (Å²) in [6, 6.07) is 11.1. The van der Waals surface area contributed by atoms with E-state index < -0.39 is 0 Å². The maximum Gasteiger partial charge on any atom is 0.241 e. The number of pyridine rings is 1. The number of hydrogen-bond donors (Lipinski definition) is 1. The lowest BCUT2D eigenvalue weighted by Crippen LogP contribution is -2.12. The van der Waals surface area contributed by atoms with Crippen LogP contribution in [-0.4, -0.2) is 28.5 Å². The van der Waals surface area contributed by atoms with Crippen molar-refractivity contribution < 1.29 is 14.1 Å². The Morgan fingerprint density at radius 2 is 1.88 bits per heavy atom. The zero-order chi connectivity index (χ0) is 17.6. The van der Waals surface area contributed by atoms with Gasteiger partial charge < -0.3 is 9.26 Å². The van der Waals surface area contributed by atoms with Crippen LogP contribution in [0.5, 0.6) is 5.75 Å². The van der Waals surface area contributed by atoms with Crippen LogP contribution in [-0.2, 0) is 4.79 Å². The normalized spacial score (nSPS) is 10.5. The number of aromatic nitrogens is 2. The van der Waals surface area contributed by atoms with Gasteiger partial charge in [-0.3, -0.25) is 15.1 Å². The number of ether oxygens (including phenoxy) is 1. The number of amides is 1. The van der Waals surface area contributed by atoms with Crippen molar-refractivity contribution >= 4 is 23.4 Å². The number of rotatable bonds is 6. The fraction of sp³-hybridized carbons (Fsp3) is 0.167. The highest BCUT2D eigenvalue weighted by Crippen LogP contribution is 2.37. The molecule has 0 aliphatic carbocycles. The summed E-state index contributed by atoms with van der Waals surface area (Å²) in [6.45, 7) is 2.53. The van der Waals surface area contributed by atoms with E-state index in [1.54, 1.807) is 12.4 Å². The van der Waals surface area contributed by atoms with Crippen LogP contribution in [0.3, 0.4) is 0 Å². The number of nitrogens with one attached hydrogen (secondary N) is 1. The summed E-state index contributed by atoms with van der Waals surface area (Å²) >= 11 is 5.57. The molecule has 0 fully saturated rings. The van der Waals surface area contributed by atoms with Crippen molar-refractivity contribution in [1.82, 2.24) is 10.1 Å². The number of halogens is 1. The van der Waals surface area contributed by atoms with Gasteiger partial charge in [-0.05, 0) is 48.9 Å². The molecular formula is C18H16ClN3O3. The van der Waals surface area contributed by atoms with E-state index >= 15 is 0 Å². The SMILES string of the molecule is CCOc1ccc(-c2noc(NC(=O)CCl)c2-c2ccncc2)cc1. The summed E-state index contributed by atoms with van der Waals surface area (Å²) in [7, 11) is 0. The molecule has 1 N–H and O–H groups in total. The molecule has 6 nitrogen and oxygen atoms in total. The van der Waals surface area contributed by atoms with Gasteiger partial charge in [0.1, 0.15) is 17.3 Å². The van der Waals surface area contributed by atoms with Gasteiger partial charge in [0, 0.05) is 18.0 Å². The summed E-state index contributed by atoms with van der Waals surface area (Å²) < 4.78 is 10.8. The number of carbonyl (C=O) groups excluding carboxylic acids is 1. The first kappa shape index (κ1) is 17.0. The highest BCUT2D eigenvalue weighted by molar-refractivity contribution is 6.29. The molecule has 25 heavy (non-hydrogen) atoms. The third kappa shape index (κ3) is 3.80. The zero-order valence-corrected chi connectivity index (χ0v) is 14.3. The molecular weight excluding hydrogens is 342 g/mol. The third-order valence-corrected chi connectivity index (χ3v) is 3.72. The average Bonchev–Trinajstić information content (AvgIpc) is 3.06. The molecule has 1 amide bonds. The van der Waals surface area contributed by atoms with Crippen LogP contribution in [0.15, 0.2) is 53.3 Å². The van der Waals surface area contributed by atoms with Gasteiger partial charge in [-0.1, -0.05) is 5.16 Å². The first-order valence-electron chi connectivity index (χ1n) is 7.72. The number of nitrogens with zero attached hydrogens (tertiary/aromatic N) is 2. The lowest BCUT2D eigenvalue weighted by molar-refractivity contribution is -0.114. The average molecular weight is 358 g/mol. The molecule has 3 aromatic rings. The minimum Gasteiger partial charge on any atom is -0.494 e. The minimum atomic E-state index is -0.369. The van der Waals surface area contributed by atoms with Crippen LogP contribution in [0.25, 0.3) is 22.4 Å². The van der Waals surface area contributed by atoms with E-state index in [2.05, 4.69) is 15.5 Å². The Bertz CT molecular complexity index is 848. The summed E-state index contributed by atoms with van der Waals surface area (Å²) in [6.07, 6.45) is 3.33. The molecule has 3 rings (SSSR count). The number of carbonyl (C=O) groups is 1. The zero-order valence-electron chi connectivity index (χ0n) is 13.5. The Hall–Kier alpha value is -2.86. The number of alkyl halides is 1. The van der Waals surface area contributed by atoms with Crippen LogP contribution >= 0.6 is 11.6 Å². The first-order chi connectivity index (χ1) is 12.2. The fourth-order valence-corrected chi connectivity index (χ4v) is 2.46. The van der Waals surface area contributed by atoms with Gasteiger partial charge in [0.2, 0.25) is 11.8 Å². The molecule has 2 heterocycles. The van der Waals surface area contributed by atoms with Gasteiger partial charge in [0.05, 0.1) is 12.2 Å². The monoisotopic (exact) mass is 357 g/mol. The van der Waals surface area contributed by atoms with Crippen molar-refractivity contribution in [2.75, 3.05) is 17.8 Å². The second-order valence-corrected chi connectivity index (χ2v) is 5.38. The number of benzene rings is 1. The van der Waals surface area contributed by atoms with Crippen LogP contribution in [0.4, 0.5) is 5.88 Å². The maximum absolute atomic E-state index is 11.7. The van der Waals surface area contributed by atoms with E-state index in [9.17, 15) is 4.79 Å². The molecule has 7 heteroatoms. The predicted octanol–water partition coefficient (Wildman–Crippen LogP) is 3.98. The molecule has 2 aromatic heterocycles. The van der Waals surface area contributed by atoms with Crippen LogP contribution < -0.4 is 10.1 Å². The van der Waals surface area contributed by atoms with Crippen LogP contribution in [0.1, 0.15) is 6.92 Å². The Kier molecular flexibility index (Phi) is 5.30.